The first kappa shape index (κ1) is 28.2. The molecule has 3 atom stereocenters. The molecule has 6 rings (SSSR count). The molecule has 0 bridgehead atoms. The molecule has 0 N–H and O–H groups in total. The quantitative estimate of drug-likeness (QED) is 0.448. The van der Waals surface area contributed by atoms with Crippen LogP contribution in [-0.2, 0) is 22.3 Å². The zero-order valence-electron chi connectivity index (χ0n) is 23.1. The van der Waals surface area contributed by atoms with E-state index in [9.17, 15) is 26.7 Å². The van der Waals surface area contributed by atoms with E-state index in [0.29, 0.717) is 24.7 Å². The Kier molecular flexibility index (Phi) is 7.17. The molecule has 2 aromatic rings. The first-order chi connectivity index (χ1) is 19.5. The molecule has 3 aliphatic heterocycles. The third kappa shape index (κ3) is 5.27. The molecule has 0 radical (unpaired) electrons. The first-order valence-corrected chi connectivity index (χ1v) is 14.2. The van der Waals surface area contributed by atoms with Gasteiger partial charge in [0.25, 0.3) is 5.91 Å². The van der Waals surface area contributed by atoms with Crippen molar-refractivity contribution in [1.29, 1.82) is 0 Å². The molecular formula is C30H34F5N3O3. The largest absolute Gasteiger partial charge is 0.470 e. The number of hydrogen-bond donors (Lipinski definition) is 0. The van der Waals surface area contributed by atoms with Crippen molar-refractivity contribution in [2.24, 2.45) is 5.92 Å². The molecule has 222 valence electrons. The van der Waals surface area contributed by atoms with Gasteiger partial charge in [0.2, 0.25) is 0 Å². The lowest BCUT2D eigenvalue weighted by Crippen LogP contribution is -2.61. The molecular weight excluding hydrogens is 545 g/mol. The number of alkyl halides is 3. The number of rotatable bonds is 4. The second kappa shape index (κ2) is 10.4. The molecule has 1 amide bonds. The van der Waals surface area contributed by atoms with Crippen LogP contribution in [0.15, 0.2) is 30.3 Å². The van der Waals surface area contributed by atoms with Gasteiger partial charge in [-0.2, -0.15) is 13.2 Å². The van der Waals surface area contributed by atoms with Crippen LogP contribution in [0.3, 0.4) is 0 Å². The van der Waals surface area contributed by atoms with Crippen molar-refractivity contribution in [1.82, 2.24) is 9.80 Å². The van der Waals surface area contributed by atoms with Crippen LogP contribution in [0.25, 0.3) is 0 Å². The van der Waals surface area contributed by atoms with E-state index in [1.165, 1.54) is 11.0 Å². The summed E-state index contributed by atoms with van der Waals surface area (Å²) < 4.78 is 79.9. The molecule has 0 spiro atoms. The van der Waals surface area contributed by atoms with E-state index in [1.807, 2.05) is 12.1 Å². The fourth-order valence-corrected chi connectivity index (χ4v) is 6.68. The van der Waals surface area contributed by atoms with Crippen LogP contribution in [0.5, 0.6) is 5.75 Å². The van der Waals surface area contributed by atoms with Crippen LogP contribution in [0, 0.1) is 24.5 Å². The van der Waals surface area contributed by atoms with Gasteiger partial charge in [0, 0.05) is 43.0 Å². The second-order valence-corrected chi connectivity index (χ2v) is 11.9. The number of fused-ring (bicyclic) bond motifs is 1. The highest BCUT2D eigenvalue weighted by atomic mass is 19.4. The lowest BCUT2D eigenvalue weighted by Gasteiger charge is -2.48. The summed E-state index contributed by atoms with van der Waals surface area (Å²) in [6.07, 6.45) is -1.75. The van der Waals surface area contributed by atoms with Gasteiger partial charge in [0.1, 0.15) is 11.4 Å². The Morgan fingerprint density at radius 3 is 2.46 bits per heavy atom. The predicted octanol–water partition coefficient (Wildman–Crippen LogP) is 5.51. The maximum atomic E-state index is 14.4. The Hall–Kier alpha value is -2.92. The zero-order valence-corrected chi connectivity index (χ0v) is 23.1. The summed E-state index contributed by atoms with van der Waals surface area (Å²) in [5.41, 5.74) is -0.533. The highest BCUT2D eigenvalue weighted by Gasteiger charge is 2.56. The van der Waals surface area contributed by atoms with Crippen LogP contribution < -0.4 is 9.64 Å². The van der Waals surface area contributed by atoms with Crippen LogP contribution in [0.4, 0.5) is 27.6 Å². The summed E-state index contributed by atoms with van der Waals surface area (Å²) in [5.74, 6) is -1.79. The van der Waals surface area contributed by atoms with Crippen molar-refractivity contribution in [3.05, 3.63) is 58.7 Å². The Balaban J connectivity index is 1.12. The van der Waals surface area contributed by atoms with Crippen LogP contribution in [0.2, 0.25) is 0 Å². The summed E-state index contributed by atoms with van der Waals surface area (Å²) in [6.45, 7) is 6.28. The average molecular weight is 580 g/mol. The van der Waals surface area contributed by atoms with Crippen molar-refractivity contribution in [2.75, 3.05) is 37.9 Å². The Morgan fingerprint density at radius 2 is 1.83 bits per heavy atom. The molecule has 0 aromatic heterocycles. The molecule has 6 nitrogen and oxygen atoms in total. The number of hydrogen-bond acceptors (Lipinski definition) is 5. The Bertz CT molecular complexity index is 1320. The number of anilines is 1. The first-order valence-electron chi connectivity index (χ1n) is 14.2. The van der Waals surface area contributed by atoms with Crippen molar-refractivity contribution < 1.29 is 36.2 Å². The standard InChI is InChI=1S/C30H34F5N3O3/c1-18-11-23(5-6-25(18)31)38-10-9-36(14-19(38)2)24-7-8-29(41-16-24,21-3-4-21)28(39)37-15-20-12-22(30(33,34)35)13-26(32)27(20)40-17-37/h5-6,11-13,19,21,24H,3-4,7-10,14-17H2,1-2H3. The van der Waals surface area contributed by atoms with Gasteiger partial charge in [0.05, 0.1) is 18.7 Å². The minimum Gasteiger partial charge on any atom is -0.470 e. The zero-order chi connectivity index (χ0) is 29.1. The molecule has 1 aliphatic carbocycles. The van der Waals surface area contributed by atoms with Gasteiger partial charge in [0.15, 0.2) is 18.3 Å². The maximum absolute atomic E-state index is 14.4. The van der Waals surface area contributed by atoms with E-state index in [0.717, 1.165) is 50.7 Å². The minimum absolute atomic E-state index is 0.000218. The number of carbonyl (C=O) groups excluding carboxylic acids is 1. The van der Waals surface area contributed by atoms with Crippen molar-refractivity contribution in [2.45, 2.75) is 69.9 Å². The van der Waals surface area contributed by atoms with Gasteiger partial charge in [-0.15, -0.1) is 0 Å². The molecule has 2 aromatic carbocycles. The van der Waals surface area contributed by atoms with E-state index >= 15 is 0 Å². The molecule has 4 aliphatic rings. The summed E-state index contributed by atoms with van der Waals surface area (Å²) in [7, 11) is 0. The smallest absolute Gasteiger partial charge is 0.416 e. The van der Waals surface area contributed by atoms with E-state index in [1.54, 1.807) is 6.92 Å². The minimum atomic E-state index is -4.71. The molecule has 1 saturated carbocycles. The topological polar surface area (TPSA) is 45.2 Å². The maximum Gasteiger partial charge on any atom is 0.416 e. The van der Waals surface area contributed by atoms with Crippen LogP contribution >= 0.6 is 0 Å². The van der Waals surface area contributed by atoms with Crippen LogP contribution in [-0.4, -0.2) is 66.4 Å². The summed E-state index contributed by atoms with van der Waals surface area (Å²) in [4.78, 5) is 19.9. The van der Waals surface area contributed by atoms with Gasteiger partial charge >= 0.3 is 6.18 Å². The number of benzene rings is 2. The fourth-order valence-electron chi connectivity index (χ4n) is 6.68. The third-order valence-electron chi connectivity index (χ3n) is 9.09. The summed E-state index contributed by atoms with van der Waals surface area (Å²) >= 11 is 0. The molecule has 3 fully saturated rings. The van der Waals surface area contributed by atoms with E-state index in [4.69, 9.17) is 9.47 Å². The van der Waals surface area contributed by atoms with Crippen molar-refractivity contribution in [3.8, 4) is 5.75 Å². The highest BCUT2D eigenvalue weighted by molar-refractivity contribution is 5.86. The summed E-state index contributed by atoms with van der Waals surface area (Å²) in [5, 5.41) is 0. The lowest BCUT2D eigenvalue weighted by atomic mass is 9.85. The van der Waals surface area contributed by atoms with Crippen molar-refractivity contribution >= 4 is 11.6 Å². The number of amides is 1. The van der Waals surface area contributed by atoms with E-state index in [2.05, 4.69) is 16.7 Å². The number of nitrogens with zero attached hydrogens (tertiary/aromatic N) is 3. The second-order valence-electron chi connectivity index (χ2n) is 11.9. The number of aryl methyl sites for hydroxylation is 1. The van der Waals surface area contributed by atoms with E-state index in [-0.39, 0.29) is 54.3 Å². The number of piperazine rings is 1. The average Bonchev–Trinajstić information content (AvgIpc) is 3.80. The van der Waals surface area contributed by atoms with Gasteiger partial charge < -0.3 is 19.3 Å². The third-order valence-corrected chi connectivity index (χ3v) is 9.09. The molecule has 2 saturated heterocycles. The molecule has 11 heteroatoms. The normalized spacial score (nSPS) is 27.4. The monoisotopic (exact) mass is 579 g/mol. The molecule has 3 heterocycles. The summed E-state index contributed by atoms with van der Waals surface area (Å²) in [6, 6.07) is 6.82. The SMILES string of the molecule is Cc1cc(N2CCN(C3CCC(C(=O)N4COc5c(F)cc(C(F)(F)F)cc5C4)(C4CC4)OC3)CC2C)ccc1F. The molecule has 41 heavy (non-hydrogen) atoms. The highest BCUT2D eigenvalue weighted by Crippen LogP contribution is 2.49. The Labute approximate surface area is 236 Å². The van der Waals surface area contributed by atoms with Crippen molar-refractivity contribution in [3.63, 3.8) is 0 Å². The van der Waals surface area contributed by atoms with Gasteiger partial charge in [-0.25, -0.2) is 8.78 Å². The number of carbonyl (C=O) groups is 1. The molecule has 3 unspecified atom stereocenters. The van der Waals surface area contributed by atoms with Gasteiger partial charge in [-0.1, -0.05) is 0 Å². The lowest BCUT2D eigenvalue weighted by molar-refractivity contribution is -0.180. The van der Waals surface area contributed by atoms with Crippen LogP contribution in [0.1, 0.15) is 49.3 Å². The van der Waals surface area contributed by atoms with E-state index < -0.39 is 23.2 Å². The van der Waals surface area contributed by atoms with Gasteiger partial charge in [-0.3, -0.25) is 9.69 Å². The van der Waals surface area contributed by atoms with Gasteiger partial charge in [-0.05, 0) is 81.3 Å². The number of halogens is 5. The number of ether oxygens (including phenoxy) is 2. The Morgan fingerprint density at radius 1 is 1.05 bits per heavy atom. The predicted molar refractivity (Wildman–Crippen MR) is 141 cm³/mol. The fraction of sp³-hybridized carbons (Fsp3) is 0.567.